The van der Waals surface area contributed by atoms with Gasteiger partial charge in [0, 0.05) is 24.5 Å². The van der Waals surface area contributed by atoms with E-state index >= 15 is 0 Å². The van der Waals surface area contributed by atoms with Crippen LogP contribution in [0.5, 0.6) is 0 Å². The Bertz CT molecular complexity index is 730. The molecule has 0 spiro atoms. The fraction of sp³-hybridized carbons (Fsp3) is 0.143. The van der Waals surface area contributed by atoms with E-state index in [1.807, 2.05) is 0 Å². The standard InChI is InChI=1S/C14H9FN2OS/c1-17-11-3-2-10(15)4-8(11)5-12(18)14-13(17)9(6-16)7-19-14/h2-4,7H,5H2,1H3. The van der Waals surface area contributed by atoms with Crippen molar-refractivity contribution >= 4 is 28.5 Å². The first-order valence-electron chi connectivity index (χ1n) is 5.68. The molecule has 2 heterocycles. The number of Topliss-reactive ketones (excluding diaryl/α,β-unsaturated/α-hetero) is 1. The van der Waals surface area contributed by atoms with Crippen molar-refractivity contribution in [3.63, 3.8) is 0 Å². The van der Waals surface area contributed by atoms with E-state index < -0.39 is 0 Å². The van der Waals surface area contributed by atoms with Gasteiger partial charge in [0.1, 0.15) is 11.9 Å². The Morgan fingerprint density at radius 3 is 3.00 bits per heavy atom. The SMILES string of the molecule is CN1c2ccc(F)cc2CC(=O)c2scc(C#N)c21. The number of carbonyl (C=O) groups is 1. The van der Waals surface area contributed by atoms with Gasteiger partial charge in [-0.2, -0.15) is 5.26 Å². The molecule has 0 aliphatic carbocycles. The quantitative estimate of drug-likeness (QED) is 0.739. The minimum absolute atomic E-state index is 0.0716. The summed E-state index contributed by atoms with van der Waals surface area (Å²) in [5.74, 6) is -0.427. The third-order valence-electron chi connectivity index (χ3n) is 3.23. The van der Waals surface area contributed by atoms with E-state index in [4.69, 9.17) is 5.26 Å². The molecule has 0 amide bonds. The third-order valence-corrected chi connectivity index (χ3v) is 4.24. The molecule has 3 rings (SSSR count). The molecule has 0 N–H and O–H groups in total. The van der Waals surface area contributed by atoms with E-state index in [0.29, 0.717) is 21.7 Å². The second-order valence-electron chi connectivity index (χ2n) is 4.37. The second kappa shape index (κ2) is 4.18. The lowest BCUT2D eigenvalue weighted by atomic mass is 10.1. The molecule has 1 aliphatic heterocycles. The Hall–Kier alpha value is -2.19. The predicted molar refractivity (Wildman–Crippen MR) is 71.5 cm³/mol. The van der Waals surface area contributed by atoms with Crippen LogP contribution in [-0.2, 0) is 6.42 Å². The number of anilines is 2. The molecule has 1 aliphatic rings. The summed E-state index contributed by atoms with van der Waals surface area (Å²) >= 11 is 1.27. The molecule has 0 bridgehead atoms. The highest BCUT2D eigenvalue weighted by atomic mass is 32.1. The number of carbonyl (C=O) groups excluding carboxylic acids is 1. The molecule has 3 nitrogen and oxygen atoms in total. The van der Waals surface area contributed by atoms with Crippen molar-refractivity contribution in [1.82, 2.24) is 0 Å². The lowest BCUT2D eigenvalue weighted by molar-refractivity contribution is 0.0998. The number of fused-ring (bicyclic) bond motifs is 2. The summed E-state index contributed by atoms with van der Waals surface area (Å²) in [4.78, 5) is 14.6. The number of nitrogens with zero attached hydrogens (tertiary/aromatic N) is 2. The molecule has 1 aromatic carbocycles. The van der Waals surface area contributed by atoms with Gasteiger partial charge < -0.3 is 4.90 Å². The van der Waals surface area contributed by atoms with Crippen molar-refractivity contribution in [2.45, 2.75) is 6.42 Å². The molecule has 19 heavy (non-hydrogen) atoms. The number of ketones is 1. The van der Waals surface area contributed by atoms with Crippen LogP contribution in [-0.4, -0.2) is 12.8 Å². The number of hydrogen-bond donors (Lipinski definition) is 0. The summed E-state index contributed by atoms with van der Waals surface area (Å²) < 4.78 is 13.3. The molecule has 94 valence electrons. The summed E-state index contributed by atoms with van der Waals surface area (Å²) in [5, 5.41) is 10.8. The Morgan fingerprint density at radius 1 is 1.47 bits per heavy atom. The Labute approximate surface area is 113 Å². The fourth-order valence-electron chi connectivity index (χ4n) is 2.36. The van der Waals surface area contributed by atoms with Crippen molar-refractivity contribution in [2.75, 3.05) is 11.9 Å². The molecule has 1 aromatic heterocycles. The number of hydrogen-bond acceptors (Lipinski definition) is 4. The fourth-order valence-corrected chi connectivity index (χ4v) is 3.32. The molecule has 0 radical (unpaired) electrons. The first kappa shape index (κ1) is 11.9. The number of nitriles is 1. The van der Waals surface area contributed by atoms with Crippen LogP contribution < -0.4 is 4.90 Å². The van der Waals surface area contributed by atoms with Gasteiger partial charge in [-0.15, -0.1) is 11.3 Å². The number of benzene rings is 1. The summed E-state index contributed by atoms with van der Waals surface area (Å²) in [6.45, 7) is 0. The van der Waals surface area contributed by atoms with E-state index in [9.17, 15) is 9.18 Å². The minimum Gasteiger partial charge on any atom is -0.342 e. The number of rotatable bonds is 0. The first-order chi connectivity index (χ1) is 9.11. The molecule has 0 fully saturated rings. The van der Waals surface area contributed by atoms with E-state index in [-0.39, 0.29) is 18.0 Å². The molecular formula is C14H9FN2OS. The summed E-state index contributed by atoms with van der Waals surface area (Å²) in [5.41, 5.74) is 2.53. The average Bonchev–Trinajstić information content (AvgIpc) is 2.78. The maximum Gasteiger partial charge on any atom is 0.179 e. The van der Waals surface area contributed by atoms with Gasteiger partial charge in [0.05, 0.1) is 16.1 Å². The summed E-state index contributed by atoms with van der Waals surface area (Å²) in [6.07, 6.45) is 0.163. The van der Waals surface area contributed by atoms with Gasteiger partial charge in [0.2, 0.25) is 0 Å². The lowest BCUT2D eigenvalue weighted by Gasteiger charge is -2.20. The maximum atomic E-state index is 13.3. The Kier molecular flexibility index (Phi) is 2.61. The van der Waals surface area contributed by atoms with Gasteiger partial charge in [-0.05, 0) is 23.8 Å². The minimum atomic E-state index is -0.356. The summed E-state index contributed by atoms with van der Waals surface area (Å²) in [7, 11) is 1.79. The average molecular weight is 272 g/mol. The zero-order chi connectivity index (χ0) is 13.6. The van der Waals surface area contributed by atoms with Crippen LogP contribution in [0, 0.1) is 17.1 Å². The van der Waals surface area contributed by atoms with Crippen molar-refractivity contribution < 1.29 is 9.18 Å². The zero-order valence-electron chi connectivity index (χ0n) is 10.1. The van der Waals surface area contributed by atoms with Gasteiger partial charge in [0.15, 0.2) is 5.78 Å². The van der Waals surface area contributed by atoms with Crippen LogP contribution in [0.3, 0.4) is 0 Å². The third kappa shape index (κ3) is 1.72. The maximum absolute atomic E-state index is 13.3. The highest BCUT2D eigenvalue weighted by Crippen LogP contribution is 2.40. The van der Waals surface area contributed by atoms with Crippen LogP contribution >= 0.6 is 11.3 Å². The molecule has 2 aromatic rings. The van der Waals surface area contributed by atoms with Gasteiger partial charge in [-0.1, -0.05) is 0 Å². The number of halogens is 1. The summed E-state index contributed by atoms with van der Waals surface area (Å²) in [6, 6.07) is 6.49. The van der Waals surface area contributed by atoms with Crippen molar-refractivity contribution in [3.05, 3.63) is 45.4 Å². The van der Waals surface area contributed by atoms with Gasteiger partial charge in [0.25, 0.3) is 0 Å². The highest BCUT2D eigenvalue weighted by Gasteiger charge is 2.27. The molecule has 0 atom stereocenters. The van der Waals surface area contributed by atoms with Crippen LogP contribution in [0.2, 0.25) is 0 Å². The number of thiophene rings is 1. The zero-order valence-corrected chi connectivity index (χ0v) is 10.9. The van der Waals surface area contributed by atoms with E-state index in [1.54, 1.807) is 23.4 Å². The molecule has 0 saturated carbocycles. The first-order valence-corrected chi connectivity index (χ1v) is 6.56. The van der Waals surface area contributed by atoms with Crippen LogP contribution in [0.15, 0.2) is 23.6 Å². The van der Waals surface area contributed by atoms with Crippen LogP contribution in [0.4, 0.5) is 15.8 Å². The van der Waals surface area contributed by atoms with Crippen molar-refractivity contribution in [2.24, 2.45) is 0 Å². The largest absolute Gasteiger partial charge is 0.342 e. The topological polar surface area (TPSA) is 44.1 Å². The van der Waals surface area contributed by atoms with Gasteiger partial charge in [-0.3, -0.25) is 4.79 Å². The van der Waals surface area contributed by atoms with Crippen molar-refractivity contribution in [3.8, 4) is 6.07 Å². The predicted octanol–water partition coefficient (Wildman–Crippen LogP) is 3.27. The van der Waals surface area contributed by atoms with Crippen LogP contribution in [0.25, 0.3) is 0 Å². The monoisotopic (exact) mass is 272 g/mol. The smallest absolute Gasteiger partial charge is 0.179 e. The molecular weight excluding hydrogens is 263 g/mol. The van der Waals surface area contributed by atoms with E-state index in [0.717, 1.165) is 5.69 Å². The molecule has 0 unspecified atom stereocenters. The highest BCUT2D eigenvalue weighted by molar-refractivity contribution is 7.13. The second-order valence-corrected chi connectivity index (χ2v) is 5.25. The van der Waals surface area contributed by atoms with Crippen molar-refractivity contribution in [1.29, 1.82) is 5.26 Å². The van der Waals surface area contributed by atoms with E-state index in [1.165, 1.54) is 23.5 Å². The normalized spacial score (nSPS) is 13.5. The Morgan fingerprint density at radius 2 is 2.26 bits per heavy atom. The molecule has 5 heteroatoms. The van der Waals surface area contributed by atoms with Gasteiger partial charge >= 0.3 is 0 Å². The van der Waals surface area contributed by atoms with E-state index in [2.05, 4.69) is 6.07 Å². The molecule has 0 saturated heterocycles. The Balaban J connectivity index is 2.27. The van der Waals surface area contributed by atoms with Gasteiger partial charge in [-0.25, -0.2) is 4.39 Å². The lowest BCUT2D eigenvalue weighted by Crippen LogP contribution is -2.11. The van der Waals surface area contributed by atoms with Crippen LogP contribution in [0.1, 0.15) is 20.8 Å².